The normalized spacial score (nSPS) is 25.4. The molecule has 0 aromatic heterocycles. The lowest BCUT2D eigenvalue weighted by atomic mass is 9.95. The zero-order valence-electron chi connectivity index (χ0n) is 9.98. The number of aliphatic hydroxyl groups excluding tert-OH is 1. The van der Waals surface area contributed by atoms with Gasteiger partial charge >= 0.3 is 0 Å². The molecule has 2 rings (SSSR count). The maximum absolute atomic E-state index is 9.64. The third-order valence-corrected chi connectivity index (χ3v) is 3.19. The third kappa shape index (κ3) is 2.54. The van der Waals surface area contributed by atoms with Crippen molar-refractivity contribution in [3.8, 4) is 0 Å². The number of nitrogens with one attached hydrogen (secondary N) is 1. The summed E-state index contributed by atoms with van der Waals surface area (Å²) in [6.45, 7) is 0.904. The van der Waals surface area contributed by atoms with Crippen molar-refractivity contribution >= 4 is 5.69 Å². The van der Waals surface area contributed by atoms with Crippen LogP contribution in [0.2, 0.25) is 0 Å². The molecule has 3 nitrogen and oxygen atoms in total. The van der Waals surface area contributed by atoms with E-state index in [-0.39, 0.29) is 6.10 Å². The summed E-state index contributed by atoms with van der Waals surface area (Å²) in [5.41, 5.74) is 2.48. The largest absolute Gasteiger partial charge is 0.393 e. The van der Waals surface area contributed by atoms with Crippen molar-refractivity contribution in [3.05, 3.63) is 29.8 Å². The van der Waals surface area contributed by atoms with Crippen molar-refractivity contribution in [3.63, 3.8) is 0 Å². The first-order valence-electron chi connectivity index (χ1n) is 5.85. The Hall–Kier alpha value is -1.06. The maximum atomic E-state index is 9.64. The summed E-state index contributed by atoms with van der Waals surface area (Å²) in [4.78, 5) is 2.09. The third-order valence-electron chi connectivity index (χ3n) is 3.19. The number of rotatable bonds is 2. The molecule has 0 saturated carbocycles. The number of hydrogen-bond acceptors (Lipinski definition) is 3. The first-order valence-corrected chi connectivity index (χ1v) is 5.85. The van der Waals surface area contributed by atoms with Crippen LogP contribution in [0.15, 0.2) is 24.3 Å². The highest BCUT2D eigenvalue weighted by Crippen LogP contribution is 2.24. The summed E-state index contributed by atoms with van der Waals surface area (Å²) in [5, 5.41) is 13.1. The van der Waals surface area contributed by atoms with E-state index in [0.717, 1.165) is 19.4 Å². The fraction of sp³-hybridized carbons (Fsp3) is 0.538. The summed E-state index contributed by atoms with van der Waals surface area (Å²) in [7, 11) is 4.08. The Morgan fingerprint density at radius 2 is 1.94 bits per heavy atom. The van der Waals surface area contributed by atoms with E-state index in [9.17, 15) is 5.11 Å². The number of anilines is 1. The van der Waals surface area contributed by atoms with Crippen molar-refractivity contribution in [2.75, 3.05) is 25.5 Å². The fourth-order valence-corrected chi connectivity index (χ4v) is 2.16. The molecule has 1 aromatic rings. The second kappa shape index (κ2) is 4.85. The van der Waals surface area contributed by atoms with Crippen LogP contribution in [-0.4, -0.2) is 31.9 Å². The van der Waals surface area contributed by atoms with E-state index >= 15 is 0 Å². The van der Waals surface area contributed by atoms with E-state index in [2.05, 4.69) is 34.5 Å². The van der Waals surface area contributed by atoms with Crippen LogP contribution in [0.25, 0.3) is 0 Å². The molecule has 1 heterocycles. The lowest BCUT2D eigenvalue weighted by Gasteiger charge is -2.28. The van der Waals surface area contributed by atoms with Gasteiger partial charge in [0.2, 0.25) is 0 Å². The lowest BCUT2D eigenvalue weighted by Crippen LogP contribution is -2.34. The van der Waals surface area contributed by atoms with Crippen molar-refractivity contribution in [2.45, 2.75) is 25.0 Å². The van der Waals surface area contributed by atoms with Crippen LogP contribution in [0.5, 0.6) is 0 Å². The molecule has 0 aliphatic carbocycles. The summed E-state index contributed by atoms with van der Waals surface area (Å²) in [6.07, 6.45) is 1.54. The number of piperidine rings is 1. The number of hydrogen-bond donors (Lipinski definition) is 2. The standard InChI is InChI=1S/C13H20N2O/c1-15(2)11-5-3-10(4-6-11)13-9-12(16)7-8-14-13/h3-6,12-14,16H,7-9H2,1-2H3. The molecule has 1 saturated heterocycles. The average Bonchev–Trinajstić information content (AvgIpc) is 2.29. The zero-order chi connectivity index (χ0) is 11.5. The second-order valence-electron chi connectivity index (χ2n) is 4.67. The van der Waals surface area contributed by atoms with Gasteiger partial charge < -0.3 is 15.3 Å². The van der Waals surface area contributed by atoms with E-state index < -0.39 is 0 Å². The van der Waals surface area contributed by atoms with Gasteiger partial charge in [-0.05, 0) is 37.1 Å². The van der Waals surface area contributed by atoms with E-state index in [4.69, 9.17) is 0 Å². The monoisotopic (exact) mass is 220 g/mol. The van der Waals surface area contributed by atoms with Crippen molar-refractivity contribution in [1.82, 2.24) is 5.32 Å². The highest BCUT2D eigenvalue weighted by atomic mass is 16.3. The number of aliphatic hydroxyl groups is 1. The van der Waals surface area contributed by atoms with E-state index in [1.807, 2.05) is 14.1 Å². The van der Waals surface area contributed by atoms with Gasteiger partial charge in [0.05, 0.1) is 6.10 Å². The van der Waals surface area contributed by atoms with Crippen LogP contribution in [-0.2, 0) is 0 Å². The average molecular weight is 220 g/mol. The topological polar surface area (TPSA) is 35.5 Å². The molecule has 3 heteroatoms. The Bertz CT molecular complexity index is 334. The number of benzene rings is 1. The minimum atomic E-state index is -0.153. The molecule has 16 heavy (non-hydrogen) atoms. The van der Waals surface area contributed by atoms with E-state index in [1.54, 1.807) is 0 Å². The summed E-state index contributed by atoms with van der Waals surface area (Å²) >= 11 is 0. The smallest absolute Gasteiger partial charge is 0.0570 e. The predicted octanol–water partition coefficient (Wildman–Crippen LogP) is 1.54. The van der Waals surface area contributed by atoms with Gasteiger partial charge in [-0.1, -0.05) is 12.1 Å². The fourth-order valence-electron chi connectivity index (χ4n) is 2.16. The Morgan fingerprint density at radius 3 is 2.50 bits per heavy atom. The Balaban J connectivity index is 2.09. The van der Waals surface area contributed by atoms with Crippen molar-refractivity contribution in [1.29, 1.82) is 0 Å². The minimum Gasteiger partial charge on any atom is -0.393 e. The van der Waals surface area contributed by atoms with E-state index in [1.165, 1.54) is 11.3 Å². The summed E-state index contributed by atoms with van der Waals surface area (Å²) in [5.74, 6) is 0. The van der Waals surface area contributed by atoms with E-state index in [0.29, 0.717) is 6.04 Å². The van der Waals surface area contributed by atoms with Crippen LogP contribution in [0, 0.1) is 0 Å². The second-order valence-corrected chi connectivity index (χ2v) is 4.67. The van der Waals surface area contributed by atoms with Gasteiger partial charge in [-0.3, -0.25) is 0 Å². The predicted molar refractivity (Wildman–Crippen MR) is 66.8 cm³/mol. The van der Waals surface area contributed by atoms with Crippen LogP contribution in [0.4, 0.5) is 5.69 Å². The Labute approximate surface area is 97.1 Å². The lowest BCUT2D eigenvalue weighted by molar-refractivity contribution is 0.117. The van der Waals surface area contributed by atoms with Gasteiger partial charge in [-0.25, -0.2) is 0 Å². The maximum Gasteiger partial charge on any atom is 0.0570 e. The van der Waals surface area contributed by atoms with Crippen molar-refractivity contribution < 1.29 is 5.11 Å². The highest BCUT2D eigenvalue weighted by Gasteiger charge is 2.20. The molecule has 2 N–H and O–H groups in total. The molecule has 2 atom stereocenters. The Kier molecular flexibility index (Phi) is 3.46. The highest BCUT2D eigenvalue weighted by molar-refractivity contribution is 5.46. The van der Waals surface area contributed by atoms with Gasteiger partial charge in [0.15, 0.2) is 0 Å². The Morgan fingerprint density at radius 1 is 1.25 bits per heavy atom. The first kappa shape index (κ1) is 11.4. The SMILES string of the molecule is CN(C)c1ccc(C2CC(O)CCN2)cc1. The quantitative estimate of drug-likeness (QED) is 0.793. The molecule has 1 aromatic carbocycles. The van der Waals surface area contributed by atoms with Gasteiger partial charge in [0.25, 0.3) is 0 Å². The zero-order valence-corrected chi connectivity index (χ0v) is 9.98. The molecule has 0 amide bonds. The number of nitrogens with zero attached hydrogens (tertiary/aromatic N) is 1. The van der Waals surface area contributed by atoms with Crippen LogP contribution >= 0.6 is 0 Å². The van der Waals surface area contributed by atoms with Gasteiger partial charge in [0, 0.05) is 25.8 Å². The summed E-state index contributed by atoms with van der Waals surface area (Å²) in [6, 6.07) is 8.84. The van der Waals surface area contributed by atoms with Gasteiger partial charge in [-0.15, -0.1) is 0 Å². The van der Waals surface area contributed by atoms with Crippen LogP contribution in [0.1, 0.15) is 24.4 Å². The molecular weight excluding hydrogens is 200 g/mol. The van der Waals surface area contributed by atoms with Gasteiger partial charge in [-0.2, -0.15) is 0 Å². The van der Waals surface area contributed by atoms with Crippen molar-refractivity contribution in [2.24, 2.45) is 0 Å². The van der Waals surface area contributed by atoms with Gasteiger partial charge in [0.1, 0.15) is 0 Å². The molecule has 0 spiro atoms. The molecule has 1 aliphatic heterocycles. The first-order chi connectivity index (χ1) is 7.66. The molecule has 1 aliphatic rings. The molecule has 1 fully saturated rings. The molecule has 2 unspecified atom stereocenters. The minimum absolute atomic E-state index is 0.153. The molecule has 0 bridgehead atoms. The molecule has 0 radical (unpaired) electrons. The molecule has 88 valence electrons. The van der Waals surface area contributed by atoms with Crippen LogP contribution < -0.4 is 10.2 Å². The summed E-state index contributed by atoms with van der Waals surface area (Å²) < 4.78 is 0. The van der Waals surface area contributed by atoms with Crippen LogP contribution in [0.3, 0.4) is 0 Å². The molecular formula is C13H20N2O.